The van der Waals surface area contributed by atoms with Crippen molar-refractivity contribution in [2.24, 2.45) is 0 Å². The number of ether oxygens (including phenoxy) is 3. The Labute approximate surface area is 163 Å². The van der Waals surface area contributed by atoms with Crippen molar-refractivity contribution in [3.05, 3.63) is 40.6 Å². The van der Waals surface area contributed by atoms with Crippen LogP contribution >= 0.6 is 11.3 Å². The second kappa shape index (κ2) is 9.03. The summed E-state index contributed by atoms with van der Waals surface area (Å²) in [5.41, 5.74) is 1.11. The van der Waals surface area contributed by atoms with Gasteiger partial charge in [0, 0.05) is 31.7 Å². The van der Waals surface area contributed by atoms with Crippen LogP contribution in [0.4, 0.5) is 0 Å². The lowest BCUT2D eigenvalue weighted by Gasteiger charge is -2.34. The van der Waals surface area contributed by atoms with E-state index in [1.54, 1.807) is 17.4 Å². The molecule has 0 spiro atoms. The number of benzene rings is 1. The number of morpholine rings is 1. The first-order valence-electron chi connectivity index (χ1n) is 8.60. The number of nitrogens with zero attached hydrogens (tertiary/aromatic N) is 1. The fraction of sp³-hybridized carbons (Fsp3) is 0.444. The van der Waals surface area contributed by atoms with Gasteiger partial charge in [0.15, 0.2) is 11.5 Å². The quantitative estimate of drug-likeness (QED) is 0.716. The van der Waals surface area contributed by atoms with Crippen LogP contribution in [0.5, 0.6) is 11.5 Å². The maximum Gasteiger partial charge on any atom is 0.240 e. The molecule has 2 heterocycles. The molecule has 1 atom stereocenters. The van der Waals surface area contributed by atoms with E-state index in [1.807, 2.05) is 11.4 Å². The second-order valence-corrected chi connectivity index (χ2v) is 8.64. The van der Waals surface area contributed by atoms with Crippen molar-refractivity contribution in [1.29, 1.82) is 0 Å². The smallest absolute Gasteiger partial charge is 0.240 e. The van der Waals surface area contributed by atoms with Gasteiger partial charge in [0.05, 0.1) is 32.3 Å². The number of thiophene rings is 1. The maximum absolute atomic E-state index is 12.8. The third kappa shape index (κ3) is 4.80. The number of nitrogens with one attached hydrogen (secondary N) is 1. The third-order valence-electron chi connectivity index (χ3n) is 4.55. The third-order valence-corrected chi connectivity index (χ3v) is 6.67. The highest BCUT2D eigenvalue weighted by Gasteiger charge is 2.25. The molecule has 0 radical (unpaired) electrons. The minimum Gasteiger partial charge on any atom is -0.493 e. The van der Waals surface area contributed by atoms with E-state index in [0.717, 1.165) is 18.7 Å². The fourth-order valence-electron chi connectivity index (χ4n) is 3.07. The van der Waals surface area contributed by atoms with Crippen molar-refractivity contribution in [3.63, 3.8) is 0 Å². The van der Waals surface area contributed by atoms with Crippen LogP contribution in [0.15, 0.2) is 39.9 Å². The minimum atomic E-state index is -3.68. The van der Waals surface area contributed by atoms with Crippen LogP contribution in [-0.4, -0.2) is 60.4 Å². The molecule has 3 rings (SSSR count). The second-order valence-electron chi connectivity index (χ2n) is 6.09. The van der Waals surface area contributed by atoms with Gasteiger partial charge in [0.25, 0.3) is 0 Å². The molecule has 1 aromatic carbocycles. The van der Waals surface area contributed by atoms with Crippen LogP contribution in [0.2, 0.25) is 0 Å². The van der Waals surface area contributed by atoms with E-state index in [0.29, 0.717) is 24.7 Å². The molecule has 1 aliphatic rings. The van der Waals surface area contributed by atoms with Gasteiger partial charge in [0.1, 0.15) is 0 Å². The Hall–Kier alpha value is -1.65. The van der Waals surface area contributed by atoms with Crippen LogP contribution in [0.3, 0.4) is 0 Å². The molecular weight excluding hydrogens is 388 g/mol. The summed E-state index contributed by atoms with van der Waals surface area (Å²) < 4.78 is 44.2. The van der Waals surface area contributed by atoms with E-state index in [4.69, 9.17) is 14.2 Å². The zero-order valence-electron chi connectivity index (χ0n) is 15.4. The molecule has 0 unspecified atom stereocenters. The van der Waals surface area contributed by atoms with Gasteiger partial charge in [-0.15, -0.1) is 0 Å². The Morgan fingerprint density at radius 2 is 1.93 bits per heavy atom. The van der Waals surface area contributed by atoms with Crippen LogP contribution in [-0.2, 0) is 14.8 Å². The number of sulfonamides is 1. The Kier molecular flexibility index (Phi) is 6.72. The van der Waals surface area contributed by atoms with Gasteiger partial charge in [-0.25, -0.2) is 13.1 Å². The number of methoxy groups -OCH3 is 2. The Morgan fingerprint density at radius 1 is 1.19 bits per heavy atom. The number of hydrogen-bond acceptors (Lipinski definition) is 7. The summed E-state index contributed by atoms with van der Waals surface area (Å²) in [6.07, 6.45) is 0. The average molecular weight is 413 g/mol. The summed E-state index contributed by atoms with van der Waals surface area (Å²) in [6, 6.07) is 6.57. The largest absolute Gasteiger partial charge is 0.493 e. The SMILES string of the molecule is COc1ccc(S(=O)(=O)NC[C@H](c2ccsc2)N2CCOCC2)cc1OC. The van der Waals surface area contributed by atoms with E-state index in [9.17, 15) is 8.42 Å². The summed E-state index contributed by atoms with van der Waals surface area (Å²) in [7, 11) is -0.692. The Balaban J connectivity index is 1.77. The van der Waals surface area contributed by atoms with Crippen molar-refractivity contribution < 1.29 is 22.6 Å². The predicted octanol–water partition coefficient (Wildman–Crippen LogP) is 2.12. The molecule has 148 valence electrons. The molecule has 0 aliphatic carbocycles. The summed E-state index contributed by atoms with van der Waals surface area (Å²) in [4.78, 5) is 2.40. The van der Waals surface area contributed by atoms with E-state index >= 15 is 0 Å². The highest BCUT2D eigenvalue weighted by Crippen LogP contribution is 2.30. The first kappa shape index (κ1) is 20.1. The first-order valence-corrected chi connectivity index (χ1v) is 11.0. The molecule has 0 bridgehead atoms. The molecule has 1 aromatic heterocycles. The van der Waals surface area contributed by atoms with Gasteiger partial charge in [-0.2, -0.15) is 11.3 Å². The lowest BCUT2D eigenvalue weighted by molar-refractivity contribution is 0.0173. The fourth-order valence-corrected chi connectivity index (χ4v) is 4.83. The van der Waals surface area contributed by atoms with Crippen molar-refractivity contribution in [3.8, 4) is 11.5 Å². The normalized spacial score (nSPS) is 16.8. The van der Waals surface area contributed by atoms with Crippen molar-refractivity contribution in [2.75, 3.05) is 47.1 Å². The molecule has 0 saturated carbocycles. The number of rotatable bonds is 8. The molecule has 1 aliphatic heterocycles. The zero-order valence-corrected chi connectivity index (χ0v) is 17.0. The number of hydrogen-bond donors (Lipinski definition) is 1. The lowest BCUT2D eigenvalue weighted by Crippen LogP contribution is -2.43. The molecule has 9 heteroatoms. The van der Waals surface area contributed by atoms with Crippen molar-refractivity contribution in [1.82, 2.24) is 9.62 Å². The van der Waals surface area contributed by atoms with Gasteiger partial charge in [0.2, 0.25) is 10.0 Å². The molecule has 1 fully saturated rings. The van der Waals surface area contributed by atoms with Gasteiger partial charge in [-0.3, -0.25) is 4.90 Å². The predicted molar refractivity (Wildman–Crippen MR) is 104 cm³/mol. The summed E-state index contributed by atoms with van der Waals surface area (Å²) in [6.45, 7) is 3.15. The van der Waals surface area contributed by atoms with E-state index in [1.165, 1.54) is 26.4 Å². The maximum atomic E-state index is 12.8. The summed E-state index contributed by atoms with van der Waals surface area (Å²) in [5.74, 6) is 0.865. The van der Waals surface area contributed by atoms with Crippen LogP contribution in [0.1, 0.15) is 11.6 Å². The summed E-state index contributed by atoms with van der Waals surface area (Å²) >= 11 is 1.61. The van der Waals surface area contributed by atoms with Crippen LogP contribution < -0.4 is 14.2 Å². The van der Waals surface area contributed by atoms with E-state index in [-0.39, 0.29) is 17.5 Å². The summed E-state index contributed by atoms with van der Waals surface area (Å²) in [5, 5.41) is 4.07. The average Bonchev–Trinajstić information content (AvgIpc) is 3.22. The molecule has 2 aromatic rings. The highest BCUT2D eigenvalue weighted by atomic mass is 32.2. The van der Waals surface area contributed by atoms with Gasteiger partial charge >= 0.3 is 0 Å². The van der Waals surface area contributed by atoms with Gasteiger partial charge < -0.3 is 14.2 Å². The zero-order chi connectivity index (χ0) is 19.3. The van der Waals surface area contributed by atoms with E-state index in [2.05, 4.69) is 15.0 Å². The molecule has 7 nitrogen and oxygen atoms in total. The van der Waals surface area contributed by atoms with Gasteiger partial charge in [-0.1, -0.05) is 0 Å². The van der Waals surface area contributed by atoms with Crippen LogP contribution in [0.25, 0.3) is 0 Å². The van der Waals surface area contributed by atoms with Crippen LogP contribution in [0, 0.1) is 0 Å². The molecule has 27 heavy (non-hydrogen) atoms. The monoisotopic (exact) mass is 412 g/mol. The lowest BCUT2D eigenvalue weighted by atomic mass is 10.1. The molecule has 0 amide bonds. The van der Waals surface area contributed by atoms with Crippen molar-refractivity contribution >= 4 is 21.4 Å². The minimum absolute atomic E-state index is 0.0323. The Morgan fingerprint density at radius 3 is 2.56 bits per heavy atom. The van der Waals surface area contributed by atoms with Gasteiger partial charge in [-0.05, 0) is 34.5 Å². The standard InChI is InChI=1S/C18H24N2O5S2/c1-23-17-4-3-15(11-18(17)24-2)27(21,22)19-12-16(14-5-10-26-13-14)20-6-8-25-9-7-20/h3-5,10-11,13,16,19H,6-9,12H2,1-2H3/t16-/m1/s1. The molecule has 1 N–H and O–H groups in total. The molecular formula is C18H24N2O5S2. The molecule has 1 saturated heterocycles. The topological polar surface area (TPSA) is 77.1 Å². The Bertz CT molecular complexity index is 833. The van der Waals surface area contributed by atoms with Crippen molar-refractivity contribution in [2.45, 2.75) is 10.9 Å². The van der Waals surface area contributed by atoms with E-state index < -0.39 is 10.0 Å². The highest BCUT2D eigenvalue weighted by molar-refractivity contribution is 7.89. The first-order chi connectivity index (χ1) is 13.0.